The first-order valence-electron chi connectivity index (χ1n) is 8.36. The van der Waals surface area contributed by atoms with Gasteiger partial charge >= 0.3 is 0 Å². The average Bonchev–Trinajstić information content (AvgIpc) is 3.10. The molecule has 1 aromatic heterocycles. The van der Waals surface area contributed by atoms with Crippen molar-refractivity contribution in [2.45, 2.75) is 31.7 Å². The number of amides is 1. The summed E-state index contributed by atoms with van der Waals surface area (Å²) < 4.78 is 5.45. The summed E-state index contributed by atoms with van der Waals surface area (Å²) in [5.74, 6) is 0.110. The number of hydrogen-bond donors (Lipinski definition) is 0. The number of ether oxygens (including phenoxy) is 1. The number of aromatic nitrogens is 1. The van der Waals surface area contributed by atoms with Crippen molar-refractivity contribution < 1.29 is 9.53 Å². The number of carbonyl (C=O) groups is 1. The summed E-state index contributed by atoms with van der Waals surface area (Å²) in [6, 6.07) is 3.98. The van der Waals surface area contributed by atoms with Crippen molar-refractivity contribution >= 4 is 5.91 Å². The van der Waals surface area contributed by atoms with Gasteiger partial charge in [-0.05, 0) is 50.9 Å². The van der Waals surface area contributed by atoms with Crippen molar-refractivity contribution in [1.82, 2.24) is 14.8 Å². The zero-order chi connectivity index (χ0) is 15.2. The molecule has 1 aromatic rings. The largest absolute Gasteiger partial charge is 0.381 e. The quantitative estimate of drug-likeness (QED) is 0.832. The van der Waals surface area contributed by atoms with E-state index in [4.69, 9.17) is 4.74 Å². The Labute approximate surface area is 132 Å². The Kier molecular flexibility index (Phi) is 5.40. The van der Waals surface area contributed by atoms with Crippen molar-refractivity contribution in [3.63, 3.8) is 0 Å². The number of nitrogens with zero attached hydrogens (tertiary/aromatic N) is 3. The van der Waals surface area contributed by atoms with Gasteiger partial charge in [0.15, 0.2) is 0 Å². The first kappa shape index (κ1) is 15.4. The van der Waals surface area contributed by atoms with Gasteiger partial charge in [0.1, 0.15) is 0 Å². The maximum absolute atomic E-state index is 12.9. The van der Waals surface area contributed by atoms with Crippen molar-refractivity contribution in [2.75, 3.05) is 39.4 Å². The van der Waals surface area contributed by atoms with Crippen LogP contribution < -0.4 is 0 Å². The van der Waals surface area contributed by atoms with E-state index in [1.54, 1.807) is 12.4 Å². The van der Waals surface area contributed by atoms with Crippen molar-refractivity contribution in [2.24, 2.45) is 0 Å². The van der Waals surface area contributed by atoms with Gasteiger partial charge in [0.2, 0.25) is 0 Å². The summed E-state index contributed by atoms with van der Waals surface area (Å²) in [5, 5.41) is 0. The van der Waals surface area contributed by atoms with Crippen LogP contribution in [0.1, 0.15) is 36.0 Å². The van der Waals surface area contributed by atoms with E-state index in [1.165, 1.54) is 25.9 Å². The highest BCUT2D eigenvalue weighted by molar-refractivity contribution is 5.94. The van der Waals surface area contributed by atoms with Crippen LogP contribution in [0.5, 0.6) is 0 Å². The Bertz CT molecular complexity index is 468. The number of likely N-dealkylation sites (tertiary alicyclic amines) is 1. The van der Waals surface area contributed by atoms with Gasteiger partial charge in [0.25, 0.3) is 5.91 Å². The molecule has 0 unspecified atom stereocenters. The second kappa shape index (κ2) is 7.70. The van der Waals surface area contributed by atoms with Crippen LogP contribution in [0.2, 0.25) is 0 Å². The molecular weight excluding hydrogens is 278 g/mol. The van der Waals surface area contributed by atoms with Gasteiger partial charge in [-0.25, -0.2) is 0 Å². The van der Waals surface area contributed by atoms with Crippen molar-refractivity contribution in [3.05, 3.63) is 30.1 Å². The molecule has 3 rings (SSSR count). The molecule has 0 saturated carbocycles. The van der Waals surface area contributed by atoms with Crippen LogP contribution in [0.25, 0.3) is 0 Å². The zero-order valence-corrected chi connectivity index (χ0v) is 13.1. The standard InChI is InChI=1S/C17H25N3O2/c21-17(15-4-3-7-18-14-15)20(16-5-12-22-13-6-16)11-10-19-8-1-2-9-19/h3-4,7,14,16H,1-2,5-6,8-13H2. The summed E-state index contributed by atoms with van der Waals surface area (Å²) in [6.07, 6.45) is 7.82. The normalized spacial score (nSPS) is 20.2. The Balaban J connectivity index is 1.68. The van der Waals surface area contributed by atoms with Gasteiger partial charge in [0, 0.05) is 44.7 Å². The highest BCUT2D eigenvalue weighted by Gasteiger charge is 2.27. The maximum Gasteiger partial charge on any atom is 0.255 e. The minimum absolute atomic E-state index is 0.110. The lowest BCUT2D eigenvalue weighted by Gasteiger charge is -2.35. The van der Waals surface area contributed by atoms with E-state index < -0.39 is 0 Å². The Morgan fingerprint density at radius 3 is 2.77 bits per heavy atom. The third-order valence-electron chi connectivity index (χ3n) is 4.66. The number of rotatable bonds is 5. The van der Waals surface area contributed by atoms with Gasteiger partial charge in [0.05, 0.1) is 5.56 Å². The minimum atomic E-state index is 0.110. The molecule has 1 amide bonds. The van der Waals surface area contributed by atoms with Crippen LogP contribution in [0, 0.1) is 0 Å². The molecule has 120 valence electrons. The van der Waals surface area contributed by atoms with Crippen molar-refractivity contribution in [1.29, 1.82) is 0 Å². The molecule has 5 nitrogen and oxygen atoms in total. The molecule has 0 bridgehead atoms. The SMILES string of the molecule is O=C(c1cccnc1)N(CCN1CCCC1)C1CCOCC1. The summed E-state index contributed by atoms with van der Waals surface area (Å²) in [6.45, 7) is 5.63. The lowest BCUT2D eigenvalue weighted by atomic mass is 10.1. The van der Waals surface area contributed by atoms with Gasteiger partial charge < -0.3 is 14.5 Å². The van der Waals surface area contributed by atoms with E-state index in [-0.39, 0.29) is 5.91 Å². The van der Waals surface area contributed by atoms with Crippen LogP contribution >= 0.6 is 0 Å². The predicted octanol–water partition coefficient (Wildman–Crippen LogP) is 1.80. The number of pyridine rings is 1. The van der Waals surface area contributed by atoms with E-state index in [0.717, 1.165) is 39.1 Å². The fourth-order valence-electron chi connectivity index (χ4n) is 3.36. The van der Waals surface area contributed by atoms with Crippen molar-refractivity contribution in [3.8, 4) is 0 Å². The van der Waals surface area contributed by atoms with Gasteiger partial charge in [-0.1, -0.05) is 0 Å². The third-order valence-corrected chi connectivity index (χ3v) is 4.66. The Hall–Kier alpha value is -1.46. The highest BCUT2D eigenvalue weighted by atomic mass is 16.5. The maximum atomic E-state index is 12.9. The zero-order valence-electron chi connectivity index (χ0n) is 13.1. The molecule has 0 spiro atoms. The highest BCUT2D eigenvalue weighted by Crippen LogP contribution is 2.18. The fraction of sp³-hybridized carbons (Fsp3) is 0.647. The van der Waals surface area contributed by atoms with Crippen LogP contribution in [-0.2, 0) is 4.74 Å². The molecule has 0 atom stereocenters. The number of carbonyl (C=O) groups excluding carboxylic acids is 1. The lowest BCUT2D eigenvalue weighted by molar-refractivity contribution is 0.0270. The van der Waals surface area contributed by atoms with Crippen LogP contribution in [0.15, 0.2) is 24.5 Å². The first-order valence-corrected chi connectivity index (χ1v) is 8.36. The second-order valence-corrected chi connectivity index (χ2v) is 6.13. The molecule has 2 aliphatic heterocycles. The van der Waals surface area contributed by atoms with E-state index in [2.05, 4.69) is 14.8 Å². The number of hydrogen-bond acceptors (Lipinski definition) is 4. The van der Waals surface area contributed by atoms with E-state index in [1.807, 2.05) is 12.1 Å². The summed E-state index contributed by atoms with van der Waals surface area (Å²) >= 11 is 0. The van der Waals surface area contributed by atoms with Crippen LogP contribution in [-0.4, -0.2) is 66.1 Å². The lowest BCUT2D eigenvalue weighted by Crippen LogP contribution is -2.46. The first-order chi connectivity index (χ1) is 10.8. The van der Waals surface area contributed by atoms with E-state index in [0.29, 0.717) is 11.6 Å². The molecule has 0 aromatic carbocycles. The molecule has 2 saturated heterocycles. The molecule has 22 heavy (non-hydrogen) atoms. The molecule has 0 radical (unpaired) electrons. The van der Waals surface area contributed by atoms with Crippen LogP contribution in [0.3, 0.4) is 0 Å². The summed E-state index contributed by atoms with van der Waals surface area (Å²) in [4.78, 5) is 21.5. The molecule has 3 heterocycles. The molecule has 5 heteroatoms. The topological polar surface area (TPSA) is 45.7 Å². The smallest absolute Gasteiger partial charge is 0.255 e. The fourth-order valence-corrected chi connectivity index (χ4v) is 3.36. The predicted molar refractivity (Wildman–Crippen MR) is 84.8 cm³/mol. The van der Waals surface area contributed by atoms with Gasteiger partial charge in [-0.3, -0.25) is 9.78 Å². The van der Waals surface area contributed by atoms with Gasteiger partial charge in [-0.15, -0.1) is 0 Å². The molecule has 0 aliphatic carbocycles. The monoisotopic (exact) mass is 303 g/mol. The molecular formula is C17H25N3O2. The summed E-state index contributed by atoms with van der Waals surface area (Å²) in [5.41, 5.74) is 0.690. The Morgan fingerprint density at radius 1 is 1.32 bits per heavy atom. The Morgan fingerprint density at radius 2 is 2.09 bits per heavy atom. The molecule has 2 fully saturated rings. The molecule has 0 N–H and O–H groups in total. The second-order valence-electron chi connectivity index (χ2n) is 6.13. The summed E-state index contributed by atoms with van der Waals surface area (Å²) in [7, 11) is 0. The minimum Gasteiger partial charge on any atom is -0.381 e. The third kappa shape index (κ3) is 3.84. The van der Waals surface area contributed by atoms with Crippen LogP contribution in [0.4, 0.5) is 0 Å². The van der Waals surface area contributed by atoms with Gasteiger partial charge in [-0.2, -0.15) is 0 Å². The average molecular weight is 303 g/mol. The van der Waals surface area contributed by atoms with E-state index in [9.17, 15) is 4.79 Å². The van der Waals surface area contributed by atoms with E-state index >= 15 is 0 Å². The molecule has 2 aliphatic rings.